The summed E-state index contributed by atoms with van der Waals surface area (Å²) in [6.07, 6.45) is 13.6. The fourth-order valence-electron chi connectivity index (χ4n) is 7.62. The lowest BCUT2D eigenvalue weighted by Crippen LogP contribution is -2.33. The number of aromatic nitrogens is 13. The lowest BCUT2D eigenvalue weighted by molar-refractivity contribution is 0.0275. The van der Waals surface area contributed by atoms with Gasteiger partial charge in [-0.15, -0.1) is 0 Å². The second-order valence-corrected chi connectivity index (χ2v) is 24.5. The zero-order valence-corrected chi connectivity index (χ0v) is 57.5. The predicted molar refractivity (Wildman–Crippen MR) is 347 cm³/mol. The van der Waals surface area contributed by atoms with Crippen molar-refractivity contribution < 1.29 is 42.7 Å². The molecule has 1 aliphatic rings. The molecule has 24 nitrogen and oxygen atoms in total. The second kappa shape index (κ2) is 34.0. The number of fused-ring (bicyclic) bond motifs is 3. The summed E-state index contributed by atoms with van der Waals surface area (Å²) < 4.78 is 48.3. The van der Waals surface area contributed by atoms with E-state index in [9.17, 15) is 23.2 Å². The number of aldehydes is 1. The molecule has 9 rings (SSSR count). The summed E-state index contributed by atoms with van der Waals surface area (Å²) in [5.41, 5.74) is 6.96. The number of aryl methyl sites for hydroxylation is 5. The second-order valence-electron chi connectivity index (χ2n) is 21.2. The topological polar surface area (TPSA) is 260 Å². The molecule has 8 aromatic rings. The molecule has 2 amide bonds. The van der Waals surface area contributed by atoms with Crippen LogP contribution in [0.5, 0.6) is 0 Å². The summed E-state index contributed by atoms with van der Waals surface area (Å²) in [4.78, 5) is 50.2. The molecule has 33 heteroatoms. The van der Waals surface area contributed by atoms with Gasteiger partial charge in [0.2, 0.25) is 0 Å². The molecular formula is C55H72BBr3Cl3F2N17O7. The monoisotopic (exact) mass is 1470 g/mol. The average molecular weight is 1480 g/mol. The Morgan fingerprint density at radius 3 is 1.53 bits per heavy atom. The lowest BCUT2D eigenvalue weighted by atomic mass is 9.81. The Bertz CT molecular complexity index is 3610. The first-order valence-electron chi connectivity index (χ1n) is 25.9. The maximum Gasteiger partial charge on any atom is 0.491 e. The van der Waals surface area contributed by atoms with E-state index < -0.39 is 36.0 Å². The standard InChI is InChI=1S/C16H20ClFN4O2.C11H18BrN3O2.C11H11ClN4.C6H10BrN3.C5H4BClFNO2.C5H5BrN2O.CH4/c1-16(2,3)24-15(23)21(4)8-10-9-22(5)20-13(10)11-6-7-19-14(17)12(11)18;1-11(2,3)17-10(16)14(4)6-8-7-15(5)13-9(8)12;1-15-5-7-6-16(2)14-9(7)8-3-4-13-11(12)10(8)15;1-8-3-5-4-10(2)9-6(5)7;7-5-4(8)3(6(10)11)1-2-9-5;1-8-2-4(3-9)5(6)7-8;/h6-7,9H,8H2,1-5H3;7H,6H2,1-5H3;3-4,6H,5H2,1-2H3;4,8H,3H2,1-2H3;1-2,10-11H;2-3H,1H3;1H4. The van der Waals surface area contributed by atoms with Gasteiger partial charge in [-0.1, -0.05) is 42.2 Å². The molecule has 88 heavy (non-hydrogen) atoms. The molecule has 0 aliphatic carbocycles. The van der Waals surface area contributed by atoms with E-state index in [0.29, 0.717) is 33.1 Å². The van der Waals surface area contributed by atoms with E-state index in [1.165, 1.54) is 39.4 Å². The highest BCUT2D eigenvalue weighted by Crippen LogP contribution is 2.40. The molecule has 9 heterocycles. The number of nitrogens with one attached hydrogen (secondary N) is 1. The van der Waals surface area contributed by atoms with Crippen LogP contribution in [0.4, 0.5) is 24.1 Å². The molecule has 0 spiro atoms. The first-order chi connectivity index (χ1) is 40.5. The first-order valence-corrected chi connectivity index (χ1v) is 29.5. The number of pyridine rings is 3. The van der Waals surface area contributed by atoms with E-state index in [1.807, 2.05) is 85.3 Å². The molecule has 8 aromatic heterocycles. The average Bonchev–Trinajstić information content (AvgIpc) is 2.94. The molecule has 0 bridgehead atoms. The molecule has 478 valence electrons. The number of amides is 2. The quantitative estimate of drug-likeness (QED) is 0.0689. The van der Waals surface area contributed by atoms with Gasteiger partial charge in [-0.25, -0.2) is 33.3 Å². The van der Waals surface area contributed by atoms with E-state index in [-0.39, 0.29) is 41.4 Å². The molecule has 0 radical (unpaired) electrons. The Kier molecular flexibility index (Phi) is 29.3. The van der Waals surface area contributed by atoms with Crippen LogP contribution in [0.2, 0.25) is 15.5 Å². The Labute approximate surface area is 551 Å². The number of hydrogen-bond donors (Lipinski definition) is 3. The van der Waals surface area contributed by atoms with Crippen LogP contribution < -0.4 is 15.7 Å². The zero-order chi connectivity index (χ0) is 65.4. The third kappa shape index (κ3) is 22.9. The summed E-state index contributed by atoms with van der Waals surface area (Å²) in [6, 6.07) is 4.61. The van der Waals surface area contributed by atoms with Crippen LogP contribution in [0, 0.1) is 11.6 Å². The van der Waals surface area contributed by atoms with Crippen LogP contribution in [0.15, 0.2) is 81.6 Å². The number of carbonyl (C=O) groups is 3. The van der Waals surface area contributed by atoms with Gasteiger partial charge < -0.3 is 39.5 Å². The van der Waals surface area contributed by atoms with Gasteiger partial charge in [-0.2, -0.15) is 25.5 Å². The molecule has 0 unspecified atom stereocenters. The van der Waals surface area contributed by atoms with Crippen LogP contribution in [0.3, 0.4) is 0 Å². The largest absolute Gasteiger partial charge is 0.491 e. The number of halogens is 8. The molecule has 0 atom stereocenters. The van der Waals surface area contributed by atoms with Gasteiger partial charge in [-0.05, 0) is 115 Å². The summed E-state index contributed by atoms with van der Waals surface area (Å²) >= 11 is 26.9. The number of carbonyl (C=O) groups excluding carboxylic acids is 3. The Morgan fingerprint density at radius 1 is 0.648 bits per heavy atom. The van der Waals surface area contributed by atoms with Crippen LogP contribution in [-0.2, 0) is 70.9 Å². The van der Waals surface area contributed by atoms with Gasteiger partial charge in [-0.3, -0.25) is 28.2 Å². The van der Waals surface area contributed by atoms with Crippen LogP contribution in [-0.4, -0.2) is 149 Å². The number of hydrogen-bond acceptors (Lipinski definition) is 17. The first kappa shape index (κ1) is 75.9. The van der Waals surface area contributed by atoms with Crippen molar-refractivity contribution in [2.45, 2.75) is 86.4 Å². The number of nitrogens with zero attached hydrogens (tertiary/aromatic N) is 16. The lowest BCUT2D eigenvalue weighted by Gasteiger charge is -2.26. The molecule has 3 N–H and O–H groups in total. The summed E-state index contributed by atoms with van der Waals surface area (Å²) in [7, 11) is 14.6. The van der Waals surface area contributed by atoms with Crippen molar-refractivity contribution in [3.63, 3.8) is 0 Å². The van der Waals surface area contributed by atoms with Crippen LogP contribution >= 0.6 is 82.6 Å². The van der Waals surface area contributed by atoms with E-state index in [1.54, 1.807) is 86.3 Å². The Balaban J connectivity index is 0.000000285. The highest BCUT2D eigenvalue weighted by Gasteiger charge is 2.27. The number of ether oxygens (including phenoxy) is 2. The van der Waals surface area contributed by atoms with E-state index in [2.05, 4.69) is 98.5 Å². The molecule has 0 aromatic carbocycles. The van der Waals surface area contributed by atoms with Crippen molar-refractivity contribution in [1.82, 2.24) is 79.0 Å². The maximum atomic E-state index is 14.2. The molecule has 1 aliphatic heterocycles. The summed E-state index contributed by atoms with van der Waals surface area (Å²) in [6.45, 7) is 13.3. The highest BCUT2D eigenvalue weighted by atomic mass is 79.9. The number of rotatable bonds is 9. The van der Waals surface area contributed by atoms with Crippen molar-refractivity contribution in [2.24, 2.45) is 35.2 Å². The van der Waals surface area contributed by atoms with Crippen molar-refractivity contribution in [2.75, 3.05) is 33.1 Å². The van der Waals surface area contributed by atoms with Crippen molar-refractivity contribution in [3.8, 4) is 22.5 Å². The molecule has 0 fully saturated rings. The third-order valence-corrected chi connectivity index (χ3v) is 14.0. The van der Waals surface area contributed by atoms with Crippen molar-refractivity contribution in [1.29, 1.82) is 0 Å². The van der Waals surface area contributed by atoms with Crippen LogP contribution in [0.1, 0.15) is 81.6 Å². The minimum absolute atomic E-state index is 0. The van der Waals surface area contributed by atoms with Gasteiger partial charge in [0, 0.05) is 158 Å². The maximum absolute atomic E-state index is 14.2. The van der Waals surface area contributed by atoms with Crippen LogP contribution in [0.25, 0.3) is 22.5 Å². The van der Waals surface area contributed by atoms with Gasteiger partial charge in [0.05, 0.1) is 30.0 Å². The SMILES string of the molecule is C.CN(Cc1cn(C)nc1-c1ccnc(Cl)c1F)C(=O)OC(C)(C)C.CN(Cc1cn(C)nc1Br)C(=O)OC(C)(C)C.CN1Cc2cn(C)nc2-c2ccnc(Cl)c21.CNCc1cn(C)nc1Br.Cn1cc(C=O)c(Br)n1.OB(O)c1ccnc(Cl)c1F. The fourth-order valence-corrected chi connectivity index (χ4v) is 9.67. The van der Waals surface area contributed by atoms with Gasteiger partial charge in [0.1, 0.15) is 30.7 Å². The van der Waals surface area contributed by atoms with E-state index in [4.69, 9.17) is 54.3 Å². The smallest absolute Gasteiger partial charge is 0.444 e. The third-order valence-electron chi connectivity index (χ3n) is 11.2. The minimum atomic E-state index is -1.85. The molecule has 0 saturated carbocycles. The van der Waals surface area contributed by atoms with Crippen molar-refractivity contribution in [3.05, 3.63) is 136 Å². The minimum Gasteiger partial charge on any atom is -0.444 e. The van der Waals surface area contributed by atoms with Crippen molar-refractivity contribution >= 4 is 119 Å². The Morgan fingerprint density at radius 2 is 1.08 bits per heavy atom. The van der Waals surface area contributed by atoms with Gasteiger partial charge >= 0.3 is 19.3 Å². The van der Waals surface area contributed by atoms with Gasteiger partial charge in [0.15, 0.2) is 33.4 Å². The molecular weight excluding hydrogens is 1410 g/mol. The Hall–Kier alpha value is -6.38. The zero-order valence-electron chi connectivity index (χ0n) is 50.4. The normalized spacial score (nSPS) is 11.2. The number of anilines is 1. The predicted octanol–water partition coefficient (Wildman–Crippen LogP) is 10.4. The summed E-state index contributed by atoms with van der Waals surface area (Å²) in [5.74, 6) is -1.54. The molecule has 0 saturated heterocycles. The fraction of sp³-hybridized carbons (Fsp3) is 0.400. The summed E-state index contributed by atoms with van der Waals surface area (Å²) in [5, 5.41) is 41.0. The van der Waals surface area contributed by atoms with E-state index >= 15 is 0 Å². The van der Waals surface area contributed by atoms with Gasteiger partial charge in [0.25, 0.3) is 0 Å². The van der Waals surface area contributed by atoms with E-state index in [0.717, 1.165) is 57.2 Å². The highest BCUT2D eigenvalue weighted by molar-refractivity contribution is 9.11.